The number of hydrogen-bond acceptors (Lipinski definition) is 8. The molecule has 0 unspecified atom stereocenters. The Kier molecular flexibility index (Phi) is 8.30. The summed E-state index contributed by atoms with van der Waals surface area (Å²) in [6.45, 7) is 6.30. The average Bonchev–Trinajstić information content (AvgIpc) is 3.70. The van der Waals surface area contributed by atoms with Crippen molar-refractivity contribution in [2.45, 2.75) is 64.7 Å². The molecule has 2 amide bonds. The SMILES string of the molecule is C[C@@H](C1CC1)N1CCN(c2cc(NC(=O)Cn3cc(-c4cc(C(N)=O)c(O)c(F)c4F)c4c(=O)n5c(nc43)CCC5)c(Cl)c(F)n2)[C@@H](C)C1. The summed E-state index contributed by atoms with van der Waals surface area (Å²) in [5.41, 5.74) is 3.34. The number of primary amides is 1. The molecule has 258 valence electrons. The van der Waals surface area contributed by atoms with Gasteiger partial charge in [-0.3, -0.25) is 23.9 Å². The van der Waals surface area contributed by atoms with Crippen LogP contribution in [-0.2, 0) is 24.3 Å². The molecular weight excluding hydrogens is 665 g/mol. The molecule has 2 aliphatic heterocycles. The molecule has 0 bridgehead atoms. The maximum absolute atomic E-state index is 15.3. The maximum atomic E-state index is 15.3. The molecule has 3 aliphatic rings. The van der Waals surface area contributed by atoms with Gasteiger partial charge in [-0.2, -0.15) is 8.78 Å². The van der Waals surface area contributed by atoms with E-state index in [2.05, 4.69) is 27.1 Å². The molecule has 4 N–H and O–H groups in total. The van der Waals surface area contributed by atoms with Gasteiger partial charge < -0.3 is 25.6 Å². The number of aromatic nitrogens is 4. The number of aryl methyl sites for hydroxylation is 1. The van der Waals surface area contributed by atoms with Gasteiger partial charge in [-0.05, 0) is 45.1 Å². The van der Waals surface area contributed by atoms with Crippen molar-refractivity contribution in [1.29, 1.82) is 0 Å². The molecule has 16 heteroatoms. The van der Waals surface area contributed by atoms with Crippen LogP contribution in [0.5, 0.6) is 5.75 Å². The van der Waals surface area contributed by atoms with Gasteiger partial charge in [0.25, 0.3) is 11.5 Å². The highest BCUT2D eigenvalue weighted by Gasteiger charge is 2.36. The van der Waals surface area contributed by atoms with Crippen LogP contribution in [0.3, 0.4) is 0 Å². The van der Waals surface area contributed by atoms with Crippen molar-refractivity contribution >= 4 is 46.0 Å². The molecule has 3 aromatic heterocycles. The van der Waals surface area contributed by atoms with Gasteiger partial charge >= 0.3 is 0 Å². The summed E-state index contributed by atoms with van der Waals surface area (Å²) < 4.78 is 47.9. The van der Waals surface area contributed by atoms with Gasteiger partial charge in [-0.25, -0.2) is 14.4 Å². The Morgan fingerprint density at radius 3 is 2.57 bits per heavy atom. The molecule has 0 spiro atoms. The molecular formula is C33H34ClF3N8O4. The first-order valence-corrected chi connectivity index (χ1v) is 16.5. The van der Waals surface area contributed by atoms with Crippen molar-refractivity contribution in [1.82, 2.24) is 24.0 Å². The van der Waals surface area contributed by atoms with Gasteiger partial charge in [-0.1, -0.05) is 11.6 Å². The largest absolute Gasteiger partial charge is 0.504 e. The Hall–Kier alpha value is -4.63. The Morgan fingerprint density at radius 2 is 1.88 bits per heavy atom. The van der Waals surface area contributed by atoms with Crippen molar-refractivity contribution in [3.05, 3.63) is 62.7 Å². The van der Waals surface area contributed by atoms with E-state index in [-0.39, 0.29) is 28.3 Å². The minimum Gasteiger partial charge on any atom is -0.504 e. The van der Waals surface area contributed by atoms with Crippen LogP contribution in [0.2, 0.25) is 5.02 Å². The van der Waals surface area contributed by atoms with E-state index in [1.54, 1.807) is 0 Å². The van der Waals surface area contributed by atoms with Crippen LogP contribution in [0.25, 0.3) is 22.2 Å². The quantitative estimate of drug-likeness (QED) is 0.234. The smallest absolute Gasteiger partial charge is 0.263 e. The summed E-state index contributed by atoms with van der Waals surface area (Å²) in [4.78, 5) is 52.1. The summed E-state index contributed by atoms with van der Waals surface area (Å²) in [6.07, 6.45) is 4.81. The highest BCUT2D eigenvalue weighted by Crippen LogP contribution is 2.38. The lowest BCUT2D eigenvalue weighted by Gasteiger charge is -2.43. The fraction of sp³-hybridized carbons (Fsp3) is 0.424. The molecule has 7 rings (SSSR count). The van der Waals surface area contributed by atoms with E-state index in [4.69, 9.17) is 17.3 Å². The fourth-order valence-corrected chi connectivity index (χ4v) is 7.24. The Bertz CT molecular complexity index is 2100. The number of nitrogens with two attached hydrogens (primary N) is 1. The van der Waals surface area contributed by atoms with Crippen LogP contribution in [0, 0.1) is 23.5 Å². The molecule has 49 heavy (non-hydrogen) atoms. The van der Waals surface area contributed by atoms with Gasteiger partial charge in [0.2, 0.25) is 17.7 Å². The molecule has 5 heterocycles. The first kappa shape index (κ1) is 32.9. The monoisotopic (exact) mass is 698 g/mol. The molecule has 1 aliphatic carbocycles. The molecule has 4 aromatic rings. The summed E-state index contributed by atoms with van der Waals surface area (Å²) in [6, 6.07) is 2.85. The van der Waals surface area contributed by atoms with Crippen molar-refractivity contribution in [3.63, 3.8) is 0 Å². The zero-order valence-corrected chi connectivity index (χ0v) is 27.5. The van der Waals surface area contributed by atoms with Gasteiger partial charge in [0.05, 0.1) is 16.6 Å². The average molecular weight is 699 g/mol. The Morgan fingerprint density at radius 1 is 1.12 bits per heavy atom. The van der Waals surface area contributed by atoms with Crippen LogP contribution in [0.1, 0.15) is 49.3 Å². The second-order valence-electron chi connectivity index (χ2n) is 13.1. The van der Waals surface area contributed by atoms with E-state index >= 15 is 8.78 Å². The highest BCUT2D eigenvalue weighted by molar-refractivity contribution is 6.33. The number of halogens is 4. The van der Waals surface area contributed by atoms with Gasteiger partial charge in [0.15, 0.2) is 11.6 Å². The first-order valence-electron chi connectivity index (χ1n) is 16.1. The van der Waals surface area contributed by atoms with E-state index in [0.29, 0.717) is 49.5 Å². The normalized spacial score (nSPS) is 18.6. The third-order valence-corrected chi connectivity index (χ3v) is 10.3. The molecule has 2 atom stereocenters. The number of anilines is 2. The number of rotatable bonds is 8. The number of nitrogens with one attached hydrogen (secondary N) is 1. The highest BCUT2D eigenvalue weighted by atomic mass is 35.5. The van der Waals surface area contributed by atoms with Crippen molar-refractivity contribution in [2.24, 2.45) is 11.7 Å². The van der Waals surface area contributed by atoms with Crippen LogP contribution in [0.15, 0.2) is 23.1 Å². The number of carbonyl (C=O) groups is 2. The second kappa shape index (κ2) is 12.4. The third kappa shape index (κ3) is 5.78. The van der Waals surface area contributed by atoms with Crippen molar-refractivity contribution < 1.29 is 27.9 Å². The zero-order valence-electron chi connectivity index (χ0n) is 26.8. The van der Waals surface area contributed by atoms with E-state index in [0.717, 1.165) is 19.2 Å². The number of phenols is 1. The number of amides is 2. The maximum Gasteiger partial charge on any atom is 0.263 e. The molecule has 2 fully saturated rings. The number of benzene rings is 1. The summed E-state index contributed by atoms with van der Waals surface area (Å²) >= 11 is 6.27. The number of aromatic hydroxyl groups is 1. The third-order valence-electron chi connectivity index (χ3n) is 9.90. The number of pyridine rings is 1. The fourth-order valence-electron chi connectivity index (χ4n) is 7.09. The number of piperazine rings is 1. The summed E-state index contributed by atoms with van der Waals surface area (Å²) in [5, 5.41) is 12.1. The molecule has 1 aromatic carbocycles. The zero-order chi connectivity index (χ0) is 34.9. The lowest BCUT2D eigenvalue weighted by molar-refractivity contribution is -0.116. The summed E-state index contributed by atoms with van der Waals surface area (Å²) in [7, 11) is 0. The van der Waals surface area contributed by atoms with Crippen LogP contribution >= 0.6 is 11.6 Å². The molecule has 1 saturated carbocycles. The first-order chi connectivity index (χ1) is 23.3. The van der Waals surface area contributed by atoms with E-state index in [9.17, 15) is 23.9 Å². The minimum atomic E-state index is -1.72. The lowest BCUT2D eigenvalue weighted by Crippen LogP contribution is -2.55. The molecule has 12 nitrogen and oxygen atoms in total. The minimum absolute atomic E-state index is 0.0108. The number of carbonyl (C=O) groups excluding carboxylic acids is 2. The van der Waals surface area contributed by atoms with Gasteiger partial charge in [0, 0.05) is 68.1 Å². The predicted octanol–water partition coefficient (Wildman–Crippen LogP) is 4.03. The van der Waals surface area contributed by atoms with Gasteiger partial charge in [-0.15, -0.1) is 0 Å². The molecule has 0 radical (unpaired) electrons. The van der Waals surface area contributed by atoms with Crippen molar-refractivity contribution in [2.75, 3.05) is 29.9 Å². The molecule has 1 saturated heterocycles. The summed E-state index contributed by atoms with van der Waals surface area (Å²) in [5.74, 6) is -5.90. The van der Waals surface area contributed by atoms with Crippen LogP contribution in [-0.4, -0.2) is 72.6 Å². The van der Waals surface area contributed by atoms with E-state index in [1.165, 1.54) is 34.2 Å². The van der Waals surface area contributed by atoms with Crippen LogP contribution in [0.4, 0.5) is 24.7 Å². The Balaban J connectivity index is 1.21. The topological polar surface area (TPSA) is 152 Å². The standard InChI is InChI=1S/C33H34ClF3N8O4/c1-15-12-42(16(2)17-5-6-17)8-9-44(15)23-11-21(26(34)30(37)40-23)39-24(46)14-43-13-20(18-10-19(31(38)48)29(47)28(36)27(18)35)25-32(43)41-22-4-3-7-45(22)33(25)49/h10-11,13,15-17,47H,3-9,12,14H2,1-2H3,(H2,38,48)(H,39,40,46)/t15-,16-/m0/s1. The van der Waals surface area contributed by atoms with E-state index in [1.807, 2.05) is 11.8 Å². The number of hydrogen-bond donors (Lipinski definition) is 3. The lowest BCUT2D eigenvalue weighted by atomic mass is 10.0. The Labute approximate surface area is 283 Å². The predicted molar refractivity (Wildman–Crippen MR) is 176 cm³/mol. The second-order valence-corrected chi connectivity index (χ2v) is 13.4. The van der Waals surface area contributed by atoms with Crippen molar-refractivity contribution in [3.8, 4) is 16.9 Å². The number of nitrogens with zero attached hydrogens (tertiary/aromatic N) is 6. The number of fused-ring (bicyclic) bond motifs is 2. The van der Waals surface area contributed by atoms with Crippen LogP contribution < -0.4 is 21.5 Å². The van der Waals surface area contributed by atoms with Gasteiger partial charge in [0.1, 0.15) is 28.9 Å². The van der Waals surface area contributed by atoms with E-state index < -0.39 is 63.4 Å².